The van der Waals surface area contributed by atoms with Gasteiger partial charge in [-0.3, -0.25) is 14.3 Å². The fourth-order valence-corrected chi connectivity index (χ4v) is 3.63. The van der Waals surface area contributed by atoms with E-state index >= 15 is 0 Å². The summed E-state index contributed by atoms with van der Waals surface area (Å²) in [6.45, 7) is 3.44. The number of hydrogen-bond acceptors (Lipinski definition) is 3. The van der Waals surface area contributed by atoms with E-state index in [4.69, 9.17) is 16.6 Å². The minimum Gasteiger partial charge on any atom is -1.00 e. The second-order valence-corrected chi connectivity index (χ2v) is 6.29. The molecule has 2 aliphatic heterocycles. The van der Waals surface area contributed by atoms with Crippen LogP contribution in [0.4, 0.5) is 0 Å². The Balaban J connectivity index is 0.00000176. The van der Waals surface area contributed by atoms with Crippen LogP contribution in [0.25, 0.3) is 0 Å². The Morgan fingerprint density at radius 1 is 1.09 bits per heavy atom. The van der Waals surface area contributed by atoms with Crippen LogP contribution >= 0.6 is 11.6 Å². The molecule has 0 aliphatic carbocycles. The molecular weight excluding hydrogens is 327 g/mol. The number of H-pyrrole nitrogens is 2. The van der Waals surface area contributed by atoms with Gasteiger partial charge in [-0.2, -0.15) is 0 Å². The minimum atomic E-state index is -0.515. The Labute approximate surface area is 139 Å². The van der Waals surface area contributed by atoms with Crippen LogP contribution in [-0.4, -0.2) is 39.9 Å². The van der Waals surface area contributed by atoms with Gasteiger partial charge in [-0.05, 0) is 19.3 Å². The molecular formula is C14H20Cl2N4O2. The fourth-order valence-electron chi connectivity index (χ4n) is 3.47. The Morgan fingerprint density at radius 3 is 2.68 bits per heavy atom. The number of aliphatic imine (C=N–C) groups is 1. The van der Waals surface area contributed by atoms with Gasteiger partial charge in [0, 0.05) is 19.4 Å². The molecule has 3 rings (SSSR count). The van der Waals surface area contributed by atoms with E-state index in [0.29, 0.717) is 12.2 Å². The number of amidine groups is 1. The molecule has 0 spiro atoms. The van der Waals surface area contributed by atoms with Gasteiger partial charge in [0.25, 0.3) is 5.56 Å². The lowest BCUT2D eigenvalue weighted by Crippen LogP contribution is -3.00. The number of aromatic nitrogens is 2. The number of quaternary nitrogens is 1. The van der Waals surface area contributed by atoms with Crippen molar-refractivity contribution in [2.45, 2.75) is 38.6 Å². The van der Waals surface area contributed by atoms with Crippen molar-refractivity contribution in [3.05, 3.63) is 31.6 Å². The molecule has 6 nitrogen and oxygen atoms in total. The number of nitrogens with one attached hydrogen (secondary N) is 2. The lowest BCUT2D eigenvalue weighted by Gasteiger charge is -2.39. The zero-order valence-corrected chi connectivity index (χ0v) is 13.8. The number of rotatable bonds is 2. The highest BCUT2D eigenvalue weighted by Gasteiger charge is 2.38. The summed E-state index contributed by atoms with van der Waals surface area (Å²) >= 11 is 6.09. The highest BCUT2D eigenvalue weighted by Crippen LogP contribution is 2.28. The minimum absolute atomic E-state index is 0. The van der Waals surface area contributed by atoms with Gasteiger partial charge < -0.3 is 17.4 Å². The van der Waals surface area contributed by atoms with E-state index in [2.05, 4.69) is 9.97 Å². The number of halogens is 2. The summed E-state index contributed by atoms with van der Waals surface area (Å²) in [6.07, 6.45) is 5.56. The molecule has 2 N–H and O–H groups in total. The number of aromatic amines is 2. The van der Waals surface area contributed by atoms with Crippen molar-refractivity contribution in [1.29, 1.82) is 0 Å². The standard InChI is InChI=1S/C14H19ClN4O2.ClH/c15-12-10(17-14(21)18-13(12)20)9-19-7-3-1-2-5-11(19)16-6-4-8-19;/h1-9H2,(H-,17,18,20,21);1H. The van der Waals surface area contributed by atoms with Crippen molar-refractivity contribution in [1.82, 2.24) is 9.97 Å². The topological polar surface area (TPSA) is 78.1 Å². The number of fused-ring (bicyclic) bond motifs is 1. The van der Waals surface area contributed by atoms with Crippen molar-refractivity contribution >= 4 is 17.4 Å². The average Bonchev–Trinajstić information content (AvgIpc) is 2.66. The maximum absolute atomic E-state index is 11.7. The third-order valence-corrected chi connectivity index (χ3v) is 4.89. The highest BCUT2D eigenvalue weighted by atomic mass is 35.5. The molecule has 0 radical (unpaired) electrons. The first kappa shape index (κ1) is 17.2. The molecule has 1 saturated heterocycles. The summed E-state index contributed by atoms with van der Waals surface area (Å²) in [5.74, 6) is 1.20. The molecule has 122 valence electrons. The largest absolute Gasteiger partial charge is 1.00 e. The van der Waals surface area contributed by atoms with E-state index in [9.17, 15) is 9.59 Å². The summed E-state index contributed by atoms with van der Waals surface area (Å²) in [5, 5.41) is 0.0938. The van der Waals surface area contributed by atoms with Crippen LogP contribution in [-0.2, 0) is 6.54 Å². The van der Waals surface area contributed by atoms with Gasteiger partial charge in [-0.25, -0.2) is 9.79 Å². The quantitative estimate of drug-likeness (QED) is 0.633. The van der Waals surface area contributed by atoms with Gasteiger partial charge in [0.15, 0.2) is 5.84 Å². The summed E-state index contributed by atoms with van der Waals surface area (Å²) in [4.78, 5) is 32.8. The molecule has 0 amide bonds. The smallest absolute Gasteiger partial charge is 0.326 e. The van der Waals surface area contributed by atoms with Crippen LogP contribution in [0, 0.1) is 0 Å². The zero-order chi connectivity index (χ0) is 14.9. The maximum atomic E-state index is 11.7. The summed E-state index contributed by atoms with van der Waals surface area (Å²) in [6, 6.07) is 0. The van der Waals surface area contributed by atoms with Crippen LogP contribution in [0.1, 0.15) is 37.8 Å². The third-order valence-electron chi connectivity index (χ3n) is 4.49. The normalized spacial score (nSPS) is 24.7. The lowest BCUT2D eigenvalue weighted by molar-refractivity contribution is -0.858. The number of hydrogen-bond donors (Lipinski definition) is 2. The van der Waals surface area contributed by atoms with E-state index in [0.717, 1.165) is 43.4 Å². The predicted molar refractivity (Wildman–Crippen MR) is 81.8 cm³/mol. The molecule has 1 fully saturated rings. The summed E-state index contributed by atoms with van der Waals surface area (Å²) in [5.41, 5.74) is -0.483. The molecule has 1 aromatic heterocycles. The first-order valence-electron chi connectivity index (χ1n) is 7.52. The van der Waals surface area contributed by atoms with Crippen molar-refractivity contribution < 1.29 is 16.9 Å². The Morgan fingerprint density at radius 2 is 1.86 bits per heavy atom. The summed E-state index contributed by atoms with van der Waals surface area (Å²) < 4.78 is 0.749. The SMILES string of the molecule is O=c1[nH]c(C[N+]23CCCCCC2=NCCC3)c(Cl)c(=O)[nH]1.[Cl-]. The molecule has 1 atom stereocenters. The highest BCUT2D eigenvalue weighted by molar-refractivity contribution is 6.30. The molecule has 0 aromatic carbocycles. The Hall–Kier alpha value is -1.11. The molecule has 22 heavy (non-hydrogen) atoms. The number of nitrogens with zero attached hydrogens (tertiary/aromatic N) is 2. The fraction of sp³-hybridized carbons (Fsp3) is 0.643. The Kier molecular flexibility index (Phi) is 5.47. The second-order valence-electron chi connectivity index (χ2n) is 5.91. The van der Waals surface area contributed by atoms with Gasteiger partial charge in [0.05, 0.1) is 18.8 Å². The van der Waals surface area contributed by atoms with Gasteiger partial charge >= 0.3 is 5.69 Å². The monoisotopic (exact) mass is 346 g/mol. The molecule has 0 bridgehead atoms. The molecule has 8 heteroatoms. The lowest BCUT2D eigenvalue weighted by atomic mass is 10.1. The van der Waals surface area contributed by atoms with Crippen LogP contribution in [0.15, 0.2) is 14.6 Å². The molecule has 0 saturated carbocycles. The second kappa shape index (κ2) is 6.98. The van der Waals surface area contributed by atoms with Crippen LogP contribution < -0.4 is 23.7 Å². The van der Waals surface area contributed by atoms with Crippen LogP contribution in [0.2, 0.25) is 5.02 Å². The molecule has 1 unspecified atom stereocenters. The van der Waals surface area contributed by atoms with Crippen molar-refractivity contribution in [2.75, 3.05) is 19.6 Å². The van der Waals surface area contributed by atoms with E-state index in [1.165, 1.54) is 18.7 Å². The predicted octanol–water partition coefficient (Wildman–Crippen LogP) is -1.59. The van der Waals surface area contributed by atoms with Crippen molar-refractivity contribution in [2.24, 2.45) is 4.99 Å². The van der Waals surface area contributed by atoms with Gasteiger partial charge in [0.1, 0.15) is 11.6 Å². The zero-order valence-electron chi connectivity index (χ0n) is 12.3. The Bertz CT molecular complexity index is 682. The van der Waals surface area contributed by atoms with Gasteiger partial charge in [0.2, 0.25) is 0 Å². The first-order chi connectivity index (χ1) is 10.1. The van der Waals surface area contributed by atoms with Crippen LogP contribution in [0.3, 0.4) is 0 Å². The van der Waals surface area contributed by atoms with Crippen LogP contribution in [0.5, 0.6) is 0 Å². The van der Waals surface area contributed by atoms with E-state index in [1.807, 2.05) is 0 Å². The van der Waals surface area contributed by atoms with Crippen molar-refractivity contribution in [3.63, 3.8) is 0 Å². The average molecular weight is 347 g/mol. The van der Waals surface area contributed by atoms with Crippen molar-refractivity contribution in [3.8, 4) is 0 Å². The maximum Gasteiger partial charge on any atom is 0.326 e. The van der Waals surface area contributed by atoms with E-state index in [1.54, 1.807) is 0 Å². The molecule has 2 aliphatic rings. The van der Waals surface area contributed by atoms with Gasteiger partial charge in [-0.15, -0.1) is 0 Å². The van der Waals surface area contributed by atoms with E-state index in [-0.39, 0.29) is 17.4 Å². The molecule has 3 heterocycles. The third kappa shape index (κ3) is 3.29. The first-order valence-corrected chi connectivity index (χ1v) is 7.89. The van der Waals surface area contributed by atoms with Gasteiger partial charge in [-0.1, -0.05) is 11.6 Å². The van der Waals surface area contributed by atoms with E-state index < -0.39 is 11.2 Å². The summed E-state index contributed by atoms with van der Waals surface area (Å²) in [7, 11) is 0. The molecule has 1 aromatic rings.